The Morgan fingerprint density at radius 2 is 1.67 bits per heavy atom. The summed E-state index contributed by atoms with van der Waals surface area (Å²) in [6.07, 6.45) is 0. The van der Waals surface area contributed by atoms with E-state index in [1.54, 1.807) is 24.3 Å². The van der Waals surface area contributed by atoms with Crippen LogP contribution in [0.3, 0.4) is 0 Å². The number of H-pyrrole nitrogens is 1. The monoisotopic (exact) mass is 295 g/mol. The van der Waals surface area contributed by atoms with Gasteiger partial charge in [-0.05, 0) is 24.3 Å². The summed E-state index contributed by atoms with van der Waals surface area (Å²) < 4.78 is 2.18. The summed E-state index contributed by atoms with van der Waals surface area (Å²) in [5, 5.41) is 3.83. The highest BCUT2D eigenvalue weighted by atomic mass is 32.1. The quantitative estimate of drug-likeness (QED) is 0.586. The van der Waals surface area contributed by atoms with Crippen LogP contribution in [0.25, 0.3) is 26.1 Å². The summed E-state index contributed by atoms with van der Waals surface area (Å²) >= 11 is 1.36. The van der Waals surface area contributed by atoms with Gasteiger partial charge < -0.3 is 0 Å². The van der Waals surface area contributed by atoms with E-state index in [2.05, 4.69) is 10.1 Å². The van der Waals surface area contributed by atoms with Crippen molar-refractivity contribution in [1.29, 1.82) is 0 Å². The smallest absolute Gasteiger partial charge is 0.267 e. The summed E-state index contributed by atoms with van der Waals surface area (Å²) in [5.41, 5.74) is 0.229. The SMILES string of the molecule is O=c1[nH]n(-c2nc3ccccc3s2)c(=O)c2ccccc12. The molecule has 0 amide bonds. The second-order valence-electron chi connectivity index (χ2n) is 4.59. The molecule has 0 fully saturated rings. The number of hydrogen-bond donors (Lipinski definition) is 1. The van der Waals surface area contributed by atoms with Crippen LogP contribution in [0, 0.1) is 0 Å². The zero-order chi connectivity index (χ0) is 14.4. The lowest BCUT2D eigenvalue weighted by molar-refractivity contribution is 0.797. The van der Waals surface area contributed by atoms with Crippen LogP contribution in [0.4, 0.5) is 0 Å². The van der Waals surface area contributed by atoms with Gasteiger partial charge in [0.2, 0.25) is 5.13 Å². The van der Waals surface area contributed by atoms with E-state index in [9.17, 15) is 9.59 Å². The van der Waals surface area contributed by atoms with Crippen LogP contribution in [0.2, 0.25) is 0 Å². The van der Waals surface area contributed by atoms with Crippen LogP contribution in [-0.4, -0.2) is 14.8 Å². The third-order valence-corrected chi connectivity index (χ3v) is 4.31. The van der Waals surface area contributed by atoms with Crippen molar-refractivity contribution in [3.8, 4) is 5.13 Å². The molecule has 0 radical (unpaired) electrons. The molecule has 0 unspecified atom stereocenters. The van der Waals surface area contributed by atoms with Crippen molar-refractivity contribution in [2.75, 3.05) is 0 Å². The summed E-state index contributed by atoms with van der Waals surface area (Å²) in [5.74, 6) is 0. The second-order valence-corrected chi connectivity index (χ2v) is 5.60. The molecular weight excluding hydrogens is 286 g/mol. The molecule has 0 aliphatic rings. The van der Waals surface area contributed by atoms with Gasteiger partial charge in [-0.2, -0.15) is 4.68 Å². The lowest BCUT2D eigenvalue weighted by atomic mass is 10.2. The average molecular weight is 295 g/mol. The van der Waals surface area contributed by atoms with Crippen molar-refractivity contribution < 1.29 is 0 Å². The topological polar surface area (TPSA) is 67.8 Å². The van der Waals surface area contributed by atoms with Gasteiger partial charge in [-0.25, -0.2) is 4.98 Å². The van der Waals surface area contributed by atoms with Crippen LogP contribution in [0.1, 0.15) is 0 Å². The van der Waals surface area contributed by atoms with Gasteiger partial charge in [-0.15, -0.1) is 0 Å². The Morgan fingerprint density at radius 1 is 0.952 bits per heavy atom. The van der Waals surface area contributed by atoms with Gasteiger partial charge in [-0.1, -0.05) is 35.6 Å². The maximum absolute atomic E-state index is 12.5. The van der Waals surface area contributed by atoms with Gasteiger partial charge in [-0.3, -0.25) is 14.7 Å². The molecule has 1 N–H and O–H groups in total. The lowest BCUT2D eigenvalue weighted by Gasteiger charge is -2.02. The minimum absolute atomic E-state index is 0.274. The standard InChI is InChI=1S/C15H9N3O2S/c19-13-9-5-1-2-6-10(9)14(20)18(17-13)15-16-11-7-3-4-8-12(11)21-15/h1-8H,(H,17,19). The minimum Gasteiger partial charge on any atom is -0.267 e. The van der Waals surface area contributed by atoms with E-state index in [1.165, 1.54) is 16.0 Å². The fourth-order valence-electron chi connectivity index (χ4n) is 2.29. The lowest BCUT2D eigenvalue weighted by Crippen LogP contribution is -2.28. The first-order valence-corrected chi connectivity index (χ1v) is 7.16. The average Bonchev–Trinajstić information content (AvgIpc) is 2.94. The summed E-state index contributed by atoms with van der Waals surface area (Å²) in [6, 6.07) is 14.4. The Balaban J connectivity index is 2.09. The van der Waals surface area contributed by atoms with Crippen LogP contribution in [0.15, 0.2) is 58.1 Å². The third-order valence-electron chi connectivity index (χ3n) is 3.29. The molecule has 2 heterocycles. The van der Waals surface area contributed by atoms with E-state index < -0.39 is 0 Å². The molecule has 0 atom stereocenters. The fourth-order valence-corrected chi connectivity index (χ4v) is 3.22. The predicted octanol–water partition coefficient (Wildman–Crippen LogP) is 2.29. The molecule has 0 aliphatic heterocycles. The van der Waals surface area contributed by atoms with Crippen molar-refractivity contribution in [3.63, 3.8) is 0 Å². The number of aromatic nitrogens is 3. The Morgan fingerprint density at radius 3 is 2.48 bits per heavy atom. The Bertz CT molecular complexity index is 1060. The number of fused-ring (bicyclic) bond motifs is 2. The van der Waals surface area contributed by atoms with Crippen molar-refractivity contribution in [2.45, 2.75) is 0 Å². The van der Waals surface area contributed by atoms with Gasteiger partial charge in [0.05, 0.1) is 21.0 Å². The number of nitrogens with one attached hydrogen (secondary N) is 1. The normalized spacial score (nSPS) is 11.2. The summed E-state index contributed by atoms with van der Waals surface area (Å²) in [7, 11) is 0. The van der Waals surface area contributed by atoms with E-state index in [0.717, 1.165) is 10.2 Å². The van der Waals surface area contributed by atoms with E-state index in [4.69, 9.17) is 0 Å². The van der Waals surface area contributed by atoms with Crippen LogP contribution in [-0.2, 0) is 0 Å². The number of aromatic amines is 1. The molecule has 0 saturated heterocycles. The van der Waals surface area contributed by atoms with Crippen molar-refractivity contribution in [2.24, 2.45) is 0 Å². The van der Waals surface area contributed by atoms with Gasteiger partial charge in [0.1, 0.15) is 0 Å². The second kappa shape index (κ2) is 4.39. The molecule has 0 spiro atoms. The Hall–Kier alpha value is -2.73. The summed E-state index contributed by atoms with van der Waals surface area (Å²) in [6.45, 7) is 0. The van der Waals surface area contributed by atoms with Crippen molar-refractivity contribution >= 4 is 32.3 Å². The van der Waals surface area contributed by atoms with Crippen LogP contribution in [0.5, 0.6) is 0 Å². The first-order valence-electron chi connectivity index (χ1n) is 6.34. The van der Waals surface area contributed by atoms with Crippen LogP contribution < -0.4 is 11.1 Å². The molecular formula is C15H9N3O2S. The maximum atomic E-state index is 12.5. The summed E-state index contributed by atoms with van der Waals surface area (Å²) in [4.78, 5) is 29.0. The number of thiazole rings is 1. The molecule has 2 aromatic carbocycles. The van der Waals surface area contributed by atoms with Gasteiger partial charge in [0, 0.05) is 0 Å². The molecule has 2 aromatic heterocycles. The largest absolute Gasteiger partial charge is 0.279 e. The molecule has 21 heavy (non-hydrogen) atoms. The van der Waals surface area contributed by atoms with E-state index in [-0.39, 0.29) is 11.1 Å². The van der Waals surface area contributed by atoms with E-state index >= 15 is 0 Å². The molecule has 4 aromatic rings. The van der Waals surface area contributed by atoms with Crippen LogP contribution >= 0.6 is 11.3 Å². The molecule has 4 rings (SSSR count). The fraction of sp³-hybridized carbons (Fsp3) is 0. The highest BCUT2D eigenvalue weighted by Crippen LogP contribution is 2.23. The maximum Gasteiger partial charge on any atom is 0.279 e. The number of hydrogen-bond acceptors (Lipinski definition) is 4. The number of benzene rings is 2. The zero-order valence-electron chi connectivity index (χ0n) is 10.7. The zero-order valence-corrected chi connectivity index (χ0v) is 11.6. The van der Waals surface area contributed by atoms with E-state index in [1.807, 2.05) is 24.3 Å². The minimum atomic E-state index is -0.301. The molecule has 6 heteroatoms. The highest BCUT2D eigenvalue weighted by Gasteiger charge is 2.11. The first kappa shape index (κ1) is 12.0. The van der Waals surface area contributed by atoms with Gasteiger partial charge >= 0.3 is 0 Å². The highest BCUT2D eigenvalue weighted by molar-refractivity contribution is 7.20. The number of rotatable bonds is 1. The third kappa shape index (κ3) is 1.80. The van der Waals surface area contributed by atoms with Crippen molar-refractivity contribution in [1.82, 2.24) is 14.8 Å². The van der Waals surface area contributed by atoms with Gasteiger partial charge in [0.15, 0.2) is 0 Å². The number of nitrogens with zero attached hydrogens (tertiary/aromatic N) is 2. The van der Waals surface area contributed by atoms with Crippen molar-refractivity contribution in [3.05, 3.63) is 69.2 Å². The van der Waals surface area contributed by atoms with Gasteiger partial charge in [0.25, 0.3) is 11.1 Å². The van der Waals surface area contributed by atoms with E-state index in [0.29, 0.717) is 15.9 Å². The molecule has 102 valence electrons. The Kier molecular flexibility index (Phi) is 2.52. The molecule has 0 aliphatic carbocycles. The molecule has 0 bridgehead atoms. The molecule has 5 nitrogen and oxygen atoms in total. The predicted molar refractivity (Wildman–Crippen MR) is 83.3 cm³/mol. The molecule has 0 saturated carbocycles. The first-order chi connectivity index (χ1) is 10.2. The number of para-hydroxylation sites is 1. The Labute approximate surface area is 122 Å².